The number of rotatable bonds is 3. The number of hydrogen-bond donors (Lipinski definition) is 1. The Morgan fingerprint density at radius 1 is 1.32 bits per heavy atom. The summed E-state index contributed by atoms with van der Waals surface area (Å²) < 4.78 is 11.5. The maximum atomic E-state index is 10.6. The van der Waals surface area contributed by atoms with E-state index in [0.717, 1.165) is 42.2 Å². The highest BCUT2D eigenvalue weighted by Crippen LogP contribution is 2.43. The van der Waals surface area contributed by atoms with Crippen LogP contribution in [0, 0.1) is 6.92 Å². The third-order valence-electron chi connectivity index (χ3n) is 4.38. The lowest BCUT2D eigenvalue weighted by Crippen LogP contribution is -2.35. The van der Waals surface area contributed by atoms with Crippen LogP contribution < -0.4 is 0 Å². The molecule has 1 unspecified atom stereocenters. The minimum Gasteiger partial charge on any atom is -0.458 e. The first kappa shape index (κ1) is 12.7. The van der Waals surface area contributed by atoms with Gasteiger partial charge in [0.25, 0.3) is 0 Å². The maximum Gasteiger partial charge on any atom is 0.140 e. The molecule has 1 aliphatic carbocycles. The summed E-state index contributed by atoms with van der Waals surface area (Å²) in [5, 5.41) is 11.7. The molecule has 0 radical (unpaired) electrons. The lowest BCUT2D eigenvalue weighted by molar-refractivity contribution is -0.107. The first-order chi connectivity index (χ1) is 9.16. The fourth-order valence-electron chi connectivity index (χ4n) is 3.19. The summed E-state index contributed by atoms with van der Waals surface area (Å²) in [5.41, 5.74) is 1.48. The quantitative estimate of drug-likeness (QED) is 0.914. The highest BCUT2D eigenvalue weighted by atomic mass is 16.5. The van der Waals surface area contributed by atoms with Crippen LogP contribution in [0.2, 0.25) is 0 Å². The van der Waals surface area contributed by atoms with Gasteiger partial charge in [-0.05, 0) is 31.4 Å². The molecule has 19 heavy (non-hydrogen) atoms. The monoisotopic (exact) mass is 260 g/mol. The van der Waals surface area contributed by atoms with Gasteiger partial charge in [0, 0.05) is 12.5 Å². The van der Waals surface area contributed by atoms with Crippen molar-refractivity contribution in [3.63, 3.8) is 0 Å². The molecule has 0 saturated heterocycles. The van der Waals surface area contributed by atoms with Crippen LogP contribution in [0.5, 0.6) is 0 Å². The number of ether oxygens (including phenoxy) is 1. The van der Waals surface area contributed by atoms with Crippen molar-refractivity contribution in [2.75, 3.05) is 7.11 Å². The van der Waals surface area contributed by atoms with Gasteiger partial charge in [0.15, 0.2) is 0 Å². The van der Waals surface area contributed by atoms with Gasteiger partial charge < -0.3 is 14.3 Å². The highest BCUT2D eigenvalue weighted by Gasteiger charge is 2.43. The van der Waals surface area contributed by atoms with Crippen molar-refractivity contribution in [3.8, 4) is 0 Å². The van der Waals surface area contributed by atoms with E-state index in [9.17, 15) is 5.11 Å². The zero-order valence-electron chi connectivity index (χ0n) is 11.5. The minimum atomic E-state index is -0.688. The van der Waals surface area contributed by atoms with Gasteiger partial charge in [-0.1, -0.05) is 31.0 Å². The van der Waals surface area contributed by atoms with Crippen LogP contribution in [0.25, 0.3) is 11.0 Å². The van der Waals surface area contributed by atoms with E-state index in [2.05, 4.69) is 0 Å². The molecule has 1 aliphatic rings. The van der Waals surface area contributed by atoms with Gasteiger partial charge in [0.1, 0.15) is 23.0 Å². The number of fused-ring (bicyclic) bond motifs is 1. The molecule has 1 heterocycles. The van der Waals surface area contributed by atoms with Crippen molar-refractivity contribution in [1.82, 2.24) is 0 Å². The van der Waals surface area contributed by atoms with Crippen molar-refractivity contribution in [2.45, 2.75) is 44.3 Å². The third kappa shape index (κ3) is 1.97. The Kier molecular flexibility index (Phi) is 3.11. The molecule has 2 aromatic rings. The Morgan fingerprint density at radius 2 is 2.05 bits per heavy atom. The molecule has 3 rings (SSSR count). The largest absolute Gasteiger partial charge is 0.458 e. The molecule has 0 aliphatic heterocycles. The predicted molar refractivity (Wildman–Crippen MR) is 74.1 cm³/mol. The molecule has 0 amide bonds. The molecule has 1 atom stereocenters. The van der Waals surface area contributed by atoms with E-state index in [4.69, 9.17) is 9.15 Å². The van der Waals surface area contributed by atoms with Crippen molar-refractivity contribution in [3.05, 3.63) is 35.6 Å². The number of benzene rings is 1. The van der Waals surface area contributed by atoms with E-state index >= 15 is 0 Å². The van der Waals surface area contributed by atoms with Crippen LogP contribution >= 0.6 is 0 Å². The van der Waals surface area contributed by atoms with E-state index in [0.29, 0.717) is 5.76 Å². The molecule has 3 nitrogen and oxygen atoms in total. The SMILES string of the molecule is COC1(C(O)c2cc3cccc(C)c3o2)CCCC1. The normalized spacial score (nSPS) is 19.9. The van der Waals surface area contributed by atoms with Gasteiger partial charge in [0.05, 0.1) is 0 Å². The number of furan rings is 1. The van der Waals surface area contributed by atoms with Crippen LogP contribution in [0.1, 0.15) is 43.1 Å². The van der Waals surface area contributed by atoms with Crippen LogP contribution in [-0.4, -0.2) is 17.8 Å². The number of aliphatic hydroxyl groups is 1. The van der Waals surface area contributed by atoms with Gasteiger partial charge in [-0.25, -0.2) is 0 Å². The fourth-order valence-corrected chi connectivity index (χ4v) is 3.19. The molecular weight excluding hydrogens is 240 g/mol. The van der Waals surface area contributed by atoms with Crippen LogP contribution in [0.15, 0.2) is 28.7 Å². The summed E-state index contributed by atoms with van der Waals surface area (Å²) in [5.74, 6) is 0.619. The Balaban J connectivity index is 2.01. The van der Waals surface area contributed by atoms with Crippen LogP contribution in [0.4, 0.5) is 0 Å². The van der Waals surface area contributed by atoms with Crippen molar-refractivity contribution >= 4 is 11.0 Å². The zero-order chi connectivity index (χ0) is 13.5. The topological polar surface area (TPSA) is 42.6 Å². The summed E-state index contributed by atoms with van der Waals surface area (Å²) in [6.07, 6.45) is 3.29. The van der Waals surface area contributed by atoms with Gasteiger partial charge in [-0.2, -0.15) is 0 Å². The smallest absolute Gasteiger partial charge is 0.140 e. The third-order valence-corrected chi connectivity index (χ3v) is 4.38. The van der Waals surface area contributed by atoms with E-state index in [1.54, 1.807) is 7.11 Å². The lowest BCUT2D eigenvalue weighted by Gasteiger charge is -2.31. The standard InChI is InChI=1S/C16H20O3/c1-11-6-5-7-12-10-13(19-14(11)12)15(17)16(18-2)8-3-4-9-16/h5-7,10,15,17H,3-4,8-9H2,1-2H3. The summed E-state index contributed by atoms with van der Waals surface area (Å²) in [7, 11) is 1.68. The number of methoxy groups -OCH3 is 1. The van der Waals surface area contributed by atoms with E-state index in [-0.39, 0.29) is 0 Å². The summed E-state index contributed by atoms with van der Waals surface area (Å²) in [6.45, 7) is 2.02. The fraction of sp³-hybridized carbons (Fsp3) is 0.500. The molecular formula is C16H20O3. The van der Waals surface area contributed by atoms with Gasteiger partial charge in [0.2, 0.25) is 0 Å². The predicted octanol–water partition coefficient (Wildman–Crippen LogP) is 3.73. The van der Waals surface area contributed by atoms with Crippen LogP contribution in [-0.2, 0) is 4.74 Å². The molecule has 1 aromatic carbocycles. The second kappa shape index (κ2) is 4.66. The molecule has 1 aromatic heterocycles. The highest BCUT2D eigenvalue weighted by molar-refractivity contribution is 5.81. The van der Waals surface area contributed by atoms with Gasteiger partial charge in [-0.15, -0.1) is 0 Å². The van der Waals surface area contributed by atoms with E-state index in [1.807, 2.05) is 31.2 Å². The molecule has 3 heteroatoms. The average Bonchev–Trinajstić information content (AvgIpc) is 3.06. The number of aliphatic hydroxyl groups excluding tert-OH is 1. The van der Waals surface area contributed by atoms with E-state index < -0.39 is 11.7 Å². The molecule has 102 valence electrons. The first-order valence-electron chi connectivity index (χ1n) is 6.88. The van der Waals surface area contributed by atoms with Gasteiger partial charge >= 0.3 is 0 Å². The lowest BCUT2D eigenvalue weighted by atomic mass is 9.92. The molecule has 1 saturated carbocycles. The second-order valence-corrected chi connectivity index (χ2v) is 5.52. The van der Waals surface area contributed by atoms with Gasteiger partial charge in [-0.3, -0.25) is 0 Å². The first-order valence-corrected chi connectivity index (χ1v) is 6.88. The average molecular weight is 260 g/mol. The Bertz CT molecular complexity index is 579. The summed E-state index contributed by atoms with van der Waals surface area (Å²) in [6, 6.07) is 7.97. The Labute approximate surface area is 113 Å². The number of hydrogen-bond acceptors (Lipinski definition) is 3. The Morgan fingerprint density at radius 3 is 2.68 bits per heavy atom. The molecule has 0 bridgehead atoms. The number of para-hydroxylation sites is 1. The van der Waals surface area contributed by atoms with Crippen molar-refractivity contribution < 1.29 is 14.3 Å². The second-order valence-electron chi connectivity index (χ2n) is 5.52. The minimum absolute atomic E-state index is 0.470. The summed E-state index contributed by atoms with van der Waals surface area (Å²) >= 11 is 0. The Hall–Kier alpha value is -1.32. The molecule has 0 spiro atoms. The molecule has 1 fully saturated rings. The molecule has 1 N–H and O–H groups in total. The van der Waals surface area contributed by atoms with Crippen molar-refractivity contribution in [2.24, 2.45) is 0 Å². The van der Waals surface area contributed by atoms with E-state index in [1.165, 1.54) is 0 Å². The number of aryl methyl sites for hydroxylation is 1. The van der Waals surface area contributed by atoms with Crippen molar-refractivity contribution in [1.29, 1.82) is 0 Å². The summed E-state index contributed by atoms with van der Waals surface area (Å²) in [4.78, 5) is 0. The zero-order valence-corrected chi connectivity index (χ0v) is 11.5. The van der Waals surface area contributed by atoms with Crippen LogP contribution in [0.3, 0.4) is 0 Å². The maximum absolute atomic E-state index is 10.6.